The minimum absolute atomic E-state index is 0.186. The van der Waals surface area contributed by atoms with Gasteiger partial charge in [0.2, 0.25) is 0 Å². The van der Waals surface area contributed by atoms with Crippen molar-refractivity contribution in [1.82, 2.24) is 0 Å². The van der Waals surface area contributed by atoms with Gasteiger partial charge in [0.1, 0.15) is 17.7 Å². The molecule has 94 valence electrons. The number of fused-ring (bicyclic) bond motifs is 1. The maximum absolute atomic E-state index is 13.3. The number of nitrogens with zero attached hydrogens (tertiary/aromatic N) is 1. The summed E-state index contributed by atoms with van der Waals surface area (Å²) in [6.07, 6.45) is 2.05. The fourth-order valence-corrected chi connectivity index (χ4v) is 2.10. The van der Waals surface area contributed by atoms with Crippen LogP contribution in [0.3, 0.4) is 0 Å². The summed E-state index contributed by atoms with van der Waals surface area (Å²) in [6, 6.07) is 4.69. The average molecular weight is 238 g/mol. The predicted molar refractivity (Wildman–Crippen MR) is 67.0 cm³/mol. The van der Waals surface area contributed by atoms with Gasteiger partial charge in [-0.2, -0.15) is 0 Å². The van der Waals surface area contributed by atoms with E-state index in [1.807, 2.05) is 0 Å². The van der Waals surface area contributed by atoms with Crippen LogP contribution in [0.5, 0.6) is 5.75 Å². The van der Waals surface area contributed by atoms with Gasteiger partial charge in [0.25, 0.3) is 0 Å². The van der Waals surface area contributed by atoms with E-state index in [1.165, 1.54) is 12.1 Å². The molecule has 1 aliphatic heterocycles. The molecule has 0 fully saturated rings. The van der Waals surface area contributed by atoms with Gasteiger partial charge in [-0.25, -0.2) is 4.39 Å². The lowest BCUT2D eigenvalue weighted by Crippen LogP contribution is -2.40. The minimum Gasteiger partial charge on any atom is -0.486 e. The Morgan fingerprint density at radius 2 is 2.35 bits per heavy atom. The highest BCUT2D eigenvalue weighted by Crippen LogP contribution is 2.34. The summed E-state index contributed by atoms with van der Waals surface area (Å²) in [6.45, 7) is 4.42. The standard InChI is InChI=1S/C13H19FN2O/c1-2-11-9-16(7-3-6-15)12-8-10(14)4-5-13(12)17-11/h4-5,8,11H,2-3,6-7,9,15H2,1H3. The predicted octanol–water partition coefficient (Wildman–Crippen LogP) is 2.15. The molecule has 0 spiro atoms. The van der Waals surface area contributed by atoms with Gasteiger partial charge in [-0.3, -0.25) is 0 Å². The van der Waals surface area contributed by atoms with Crippen molar-refractivity contribution in [1.29, 1.82) is 0 Å². The fraction of sp³-hybridized carbons (Fsp3) is 0.538. The molecule has 0 aromatic heterocycles. The van der Waals surface area contributed by atoms with E-state index >= 15 is 0 Å². The molecule has 3 nitrogen and oxygen atoms in total. The molecule has 1 unspecified atom stereocenters. The van der Waals surface area contributed by atoms with Crippen molar-refractivity contribution in [2.75, 3.05) is 24.5 Å². The van der Waals surface area contributed by atoms with Crippen LogP contribution in [0.25, 0.3) is 0 Å². The van der Waals surface area contributed by atoms with Crippen LogP contribution in [0.15, 0.2) is 18.2 Å². The highest BCUT2D eigenvalue weighted by Gasteiger charge is 2.24. The lowest BCUT2D eigenvalue weighted by molar-refractivity contribution is 0.189. The minimum atomic E-state index is -0.222. The maximum Gasteiger partial charge on any atom is 0.143 e. The molecule has 1 aromatic rings. The molecular formula is C13H19FN2O. The molecule has 0 radical (unpaired) electrons. The topological polar surface area (TPSA) is 38.5 Å². The zero-order chi connectivity index (χ0) is 12.3. The first kappa shape index (κ1) is 12.2. The highest BCUT2D eigenvalue weighted by molar-refractivity contribution is 5.60. The Kier molecular flexibility index (Phi) is 3.84. The first-order valence-electron chi connectivity index (χ1n) is 6.15. The summed E-state index contributed by atoms with van der Waals surface area (Å²) < 4.78 is 19.1. The average Bonchev–Trinajstić information content (AvgIpc) is 2.35. The Balaban J connectivity index is 2.24. The number of anilines is 1. The number of rotatable bonds is 4. The van der Waals surface area contributed by atoms with Crippen molar-refractivity contribution >= 4 is 5.69 Å². The number of hydrogen-bond acceptors (Lipinski definition) is 3. The molecule has 0 bridgehead atoms. The summed E-state index contributed by atoms with van der Waals surface area (Å²) in [5.41, 5.74) is 6.38. The van der Waals surface area contributed by atoms with E-state index < -0.39 is 0 Å². The van der Waals surface area contributed by atoms with E-state index in [0.717, 1.165) is 37.4 Å². The van der Waals surface area contributed by atoms with Crippen LogP contribution < -0.4 is 15.4 Å². The smallest absolute Gasteiger partial charge is 0.143 e. The zero-order valence-corrected chi connectivity index (χ0v) is 10.2. The van der Waals surface area contributed by atoms with Gasteiger partial charge >= 0.3 is 0 Å². The van der Waals surface area contributed by atoms with Gasteiger partial charge in [-0.15, -0.1) is 0 Å². The van der Waals surface area contributed by atoms with Crippen LogP contribution >= 0.6 is 0 Å². The number of nitrogens with two attached hydrogens (primary N) is 1. The highest BCUT2D eigenvalue weighted by atomic mass is 19.1. The van der Waals surface area contributed by atoms with Crippen molar-refractivity contribution in [2.45, 2.75) is 25.9 Å². The summed E-state index contributed by atoms with van der Waals surface area (Å²) >= 11 is 0. The summed E-state index contributed by atoms with van der Waals surface area (Å²) in [4.78, 5) is 2.17. The number of ether oxygens (including phenoxy) is 1. The van der Waals surface area contributed by atoms with Crippen molar-refractivity contribution in [2.24, 2.45) is 5.73 Å². The number of halogens is 1. The largest absolute Gasteiger partial charge is 0.486 e. The molecule has 1 heterocycles. The number of benzene rings is 1. The van der Waals surface area contributed by atoms with E-state index in [9.17, 15) is 4.39 Å². The molecule has 1 aromatic carbocycles. The Labute approximate surface area is 101 Å². The second-order valence-electron chi connectivity index (χ2n) is 4.35. The van der Waals surface area contributed by atoms with Crippen molar-refractivity contribution in [3.05, 3.63) is 24.0 Å². The first-order valence-corrected chi connectivity index (χ1v) is 6.15. The Hall–Kier alpha value is -1.29. The molecule has 1 aliphatic rings. The third kappa shape index (κ3) is 2.69. The van der Waals surface area contributed by atoms with Crippen LogP contribution in [-0.4, -0.2) is 25.7 Å². The molecule has 2 rings (SSSR count). The molecule has 0 saturated heterocycles. The lowest BCUT2D eigenvalue weighted by Gasteiger charge is -2.36. The quantitative estimate of drug-likeness (QED) is 0.873. The van der Waals surface area contributed by atoms with Gasteiger partial charge in [-0.05, 0) is 31.5 Å². The summed E-state index contributed by atoms with van der Waals surface area (Å²) in [5.74, 6) is 0.557. The van der Waals surface area contributed by atoms with Crippen LogP contribution in [0.4, 0.5) is 10.1 Å². The zero-order valence-electron chi connectivity index (χ0n) is 10.2. The van der Waals surface area contributed by atoms with Gasteiger partial charge in [-0.1, -0.05) is 6.92 Å². The molecule has 0 amide bonds. The van der Waals surface area contributed by atoms with Gasteiger partial charge in [0, 0.05) is 12.6 Å². The van der Waals surface area contributed by atoms with E-state index in [2.05, 4.69) is 11.8 Å². The van der Waals surface area contributed by atoms with E-state index in [1.54, 1.807) is 6.07 Å². The maximum atomic E-state index is 13.3. The fourth-order valence-electron chi connectivity index (χ4n) is 2.10. The summed E-state index contributed by atoms with van der Waals surface area (Å²) in [7, 11) is 0. The first-order chi connectivity index (χ1) is 8.24. The Morgan fingerprint density at radius 1 is 1.53 bits per heavy atom. The molecule has 0 saturated carbocycles. The second kappa shape index (κ2) is 5.36. The Morgan fingerprint density at radius 3 is 3.06 bits per heavy atom. The van der Waals surface area contributed by atoms with Gasteiger partial charge in [0.15, 0.2) is 0 Å². The van der Waals surface area contributed by atoms with Crippen molar-refractivity contribution in [3.63, 3.8) is 0 Å². The van der Waals surface area contributed by atoms with E-state index in [4.69, 9.17) is 10.5 Å². The summed E-state index contributed by atoms with van der Waals surface area (Å²) in [5, 5.41) is 0. The third-order valence-electron chi connectivity index (χ3n) is 3.07. The van der Waals surface area contributed by atoms with E-state index in [-0.39, 0.29) is 11.9 Å². The van der Waals surface area contributed by atoms with Crippen molar-refractivity contribution < 1.29 is 9.13 Å². The lowest BCUT2D eigenvalue weighted by atomic mass is 10.1. The van der Waals surface area contributed by atoms with Crippen LogP contribution in [0.2, 0.25) is 0 Å². The van der Waals surface area contributed by atoms with E-state index in [0.29, 0.717) is 6.54 Å². The van der Waals surface area contributed by atoms with Gasteiger partial charge < -0.3 is 15.4 Å². The molecule has 2 N–H and O–H groups in total. The van der Waals surface area contributed by atoms with Crippen LogP contribution in [0, 0.1) is 5.82 Å². The molecule has 0 aliphatic carbocycles. The van der Waals surface area contributed by atoms with Crippen molar-refractivity contribution in [3.8, 4) is 5.75 Å². The molecule has 17 heavy (non-hydrogen) atoms. The third-order valence-corrected chi connectivity index (χ3v) is 3.07. The molecule has 1 atom stereocenters. The van der Waals surface area contributed by atoms with Crippen LogP contribution in [0.1, 0.15) is 19.8 Å². The monoisotopic (exact) mass is 238 g/mol. The Bertz CT molecular complexity index is 384. The van der Waals surface area contributed by atoms with Gasteiger partial charge in [0.05, 0.1) is 12.2 Å². The second-order valence-corrected chi connectivity index (χ2v) is 4.35. The molecule has 4 heteroatoms. The normalized spacial score (nSPS) is 18.8. The molecular weight excluding hydrogens is 219 g/mol. The number of hydrogen-bond donors (Lipinski definition) is 1. The van der Waals surface area contributed by atoms with Crippen LogP contribution in [-0.2, 0) is 0 Å². The SMILES string of the molecule is CCC1CN(CCCN)c2cc(F)ccc2O1.